The van der Waals surface area contributed by atoms with E-state index >= 15 is 0 Å². The van der Waals surface area contributed by atoms with E-state index in [1.807, 2.05) is 44.3 Å². The van der Waals surface area contributed by atoms with E-state index in [1.165, 1.54) is 14.2 Å². The van der Waals surface area contributed by atoms with Crippen molar-refractivity contribution < 1.29 is 19.1 Å². The van der Waals surface area contributed by atoms with Crippen LogP contribution >= 0.6 is 0 Å². The highest BCUT2D eigenvalue weighted by molar-refractivity contribution is 5.91. The lowest BCUT2D eigenvalue weighted by molar-refractivity contribution is -0.144. The molecule has 152 valence electrons. The van der Waals surface area contributed by atoms with Gasteiger partial charge in [0.15, 0.2) is 0 Å². The molecule has 0 aliphatic rings. The van der Waals surface area contributed by atoms with Gasteiger partial charge in [-0.25, -0.2) is 0 Å². The highest BCUT2D eigenvalue weighted by Crippen LogP contribution is 2.20. The fourth-order valence-electron chi connectivity index (χ4n) is 3.33. The molecule has 1 aromatic carbocycles. The Kier molecular flexibility index (Phi) is 7.61. The second kappa shape index (κ2) is 9.92. The summed E-state index contributed by atoms with van der Waals surface area (Å²) in [4.78, 5) is 40.1. The van der Waals surface area contributed by atoms with Gasteiger partial charge >= 0.3 is 5.97 Å². The Morgan fingerprint density at radius 1 is 1.14 bits per heavy atom. The smallest absolute Gasteiger partial charge is 0.306 e. The van der Waals surface area contributed by atoms with Crippen LogP contribution in [0.1, 0.15) is 32.3 Å². The molecule has 3 N–H and O–H groups in total. The zero-order chi connectivity index (χ0) is 20.7. The van der Waals surface area contributed by atoms with Crippen molar-refractivity contribution in [2.45, 2.75) is 39.2 Å². The Labute approximate surface area is 165 Å². The summed E-state index contributed by atoms with van der Waals surface area (Å²) in [5.41, 5.74) is 1.92. The van der Waals surface area contributed by atoms with Gasteiger partial charge in [-0.15, -0.1) is 0 Å². The number of methoxy groups -OCH3 is 1. The van der Waals surface area contributed by atoms with Crippen molar-refractivity contribution in [1.82, 2.24) is 15.6 Å². The van der Waals surface area contributed by atoms with Crippen LogP contribution in [-0.4, -0.2) is 43.0 Å². The number of carbonyl (C=O) groups excluding carboxylic acids is 3. The highest BCUT2D eigenvalue weighted by atomic mass is 16.5. The maximum Gasteiger partial charge on any atom is 0.306 e. The number of benzene rings is 1. The molecule has 28 heavy (non-hydrogen) atoms. The van der Waals surface area contributed by atoms with Gasteiger partial charge in [-0.2, -0.15) is 0 Å². The topological polar surface area (TPSA) is 100 Å². The molecule has 0 aliphatic heterocycles. The van der Waals surface area contributed by atoms with Crippen molar-refractivity contribution in [3.8, 4) is 0 Å². The molecule has 0 aliphatic carbocycles. The van der Waals surface area contributed by atoms with Crippen LogP contribution in [0.4, 0.5) is 0 Å². The molecular formula is C21H29N3O4. The lowest BCUT2D eigenvalue weighted by atomic mass is 9.92. The number of hydrogen-bond acceptors (Lipinski definition) is 4. The first-order chi connectivity index (χ1) is 13.3. The van der Waals surface area contributed by atoms with Crippen molar-refractivity contribution in [2.75, 3.05) is 14.2 Å². The third-order valence-electron chi connectivity index (χ3n) is 4.75. The summed E-state index contributed by atoms with van der Waals surface area (Å²) in [5, 5.41) is 6.45. The first-order valence-corrected chi connectivity index (χ1v) is 9.49. The van der Waals surface area contributed by atoms with Crippen LogP contribution in [0.5, 0.6) is 0 Å². The van der Waals surface area contributed by atoms with Crippen LogP contribution < -0.4 is 10.6 Å². The monoisotopic (exact) mass is 387 g/mol. The molecule has 7 nitrogen and oxygen atoms in total. The first kappa shape index (κ1) is 21.5. The molecule has 2 amide bonds. The Morgan fingerprint density at radius 2 is 1.86 bits per heavy atom. The van der Waals surface area contributed by atoms with Gasteiger partial charge in [0.2, 0.25) is 11.8 Å². The number of H-pyrrole nitrogens is 1. The number of aromatic amines is 1. The molecule has 1 unspecified atom stereocenters. The van der Waals surface area contributed by atoms with Crippen LogP contribution in [0, 0.1) is 11.8 Å². The third kappa shape index (κ3) is 5.58. The van der Waals surface area contributed by atoms with E-state index in [-0.39, 0.29) is 24.2 Å². The molecule has 0 fully saturated rings. The number of carbonyl (C=O) groups is 3. The van der Waals surface area contributed by atoms with Crippen molar-refractivity contribution in [3.63, 3.8) is 0 Å². The number of fused-ring (bicyclic) bond motifs is 1. The highest BCUT2D eigenvalue weighted by Gasteiger charge is 2.28. The van der Waals surface area contributed by atoms with Crippen LogP contribution in [0.25, 0.3) is 10.9 Å². The van der Waals surface area contributed by atoms with Crippen molar-refractivity contribution in [2.24, 2.45) is 11.8 Å². The van der Waals surface area contributed by atoms with Gasteiger partial charge in [-0.1, -0.05) is 32.0 Å². The minimum absolute atomic E-state index is 0.00589. The number of esters is 1. The SMILES string of the molecule is CNC(=O)[C@@H](Cc1c[nH]c2ccccc12)NC(=O)C(CC(=O)OC)CC(C)C. The third-order valence-corrected chi connectivity index (χ3v) is 4.75. The molecule has 0 bridgehead atoms. The van der Waals surface area contributed by atoms with E-state index in [0.29, 0.717) is 12.8 Å². The molecule has 2 aromatic rings. The number of rotatable bonds is 9. The summed E-state index contributed by atoms with van der Waals surface area (Å²) in [6.07, 6.45) is 2.73. The largest absolute Gasteiger partial charge is 0.469 e. The molecule has 1 aromatic heterocycles. The van der Waals surface area contributed by atoms with E-state index in [1.54, 1.807) is 0 Å². The van der Waals surface area contributed by atoms with E-state index in [4.69, 9.17) is 4.74 Å². The second-order valence-electron chi connectivity index (χ2n) is 7.35. The van der Waals surface area contributed by atoms with E-state index < -0.39 is 17.9 Å². The summed E-state index contributed by atoms with van der Waals surface area (Å²) in [6.45, 7) is 3.97. The Hall–Kier alpha value is -2.83. The van der Waals surface area contributed by atoms with Gasteiger partial charge < -0.3 is 20.4 Å². The molecule has 1 heterocycles. The van der Waals surface area contributed by atoms with Crippen LogP contribution in [-0.2, 0) is 25.5 Å². The first-order valence-electron chi connectivity index (χ1n) is 9.49. The lowest BCUT2D eigenvalue weighted by Gasteiger charge is -2.22. The van der Waals surface area contributed by atoms with E-state index in [2.05, 4.69) is 15.6 Å². The standard InChI is InChI=1S/C21H29N3O4/c1-13(2)9-14(11-19(25)28-4)20(26)24-18(21(27)22-3)10-15-12-23-17-8-6-5-7-16(15)17/h5-8,12-14,18,23H,9-11H2,1-4H3,(H,22,27)(H,24,26)/t14?,18-/m1/s1. The number of likely N-dealkylation sites (N-methyl/N-ethyl adjacent to an activating group) is 1. The molecule has 0 radical (unpaired) electrons. The maximum atomic E-state index is 12.8. The number of ether oxygens (including phenoxy) is 1. The van der Waals surface area contributed by atoms with E-state index in [9.17, 15) is 14.4 Å². The van der Waals surface area contributed by atoms with Gasteiger partial charge in [0.1, 0.15) is 6.04 Å². The fourth-order valence-corrected chi connectivity index (χ4v) is 3.33. The number of aromatic nitrogens is 1. The van der Waals surface area contributed by atoms with Gasteiger partial charge in [0, 0.05) is 36.5 Å². The van der Waals surface area contributed by atoms with Crippen LogP contribution in [0.15, 0.2) is 30.5 Å². The molecule has 7 heteroatoms. The van der Waals surface area contributed by atoms with Gasteiger partial charge in [-0.3, -0.25) is 14.4 Å². The zero-order valence-corrected chi connectivity index (χ0v) is 16.9. The number of para-hydroxylation sites is 1. The van der Waals surface area contributed by atoms with Crippen LogP contribution in [0.3, 0.4) is 0 Å². The summed E-state index contributed by atoms with van der Waals surface area (Å²) in [7, 11) is 2.84. The summed E-state index contributed by atoms with van der Waals surface area (Å²) < 4.78 is 4.72. The molecule has 2 atom stereocenters. The second-order valence-corrected chi connectivity index (χ2v) is 7.35. The predicted molar refractivity (Wildman–Crippen MR) is 108 cm³/mol. The Bertz CT molecular complexity index is 828. The minimum Gasteiger partial charge on any atom is -0.469 e. The number of amides is 2. The maximum absolute atomic E-state index is 12.8. The summed E-state index contributed by atoms with van der Waals surface area (Å²) >= 11 is 0. The normalized spacial score (nSPS) is 13.2. The average Bonchev–Trinajstić information content (AvgIpc) is 3.08. The van der Waals surface area contributed by atoms with Crippen molar-refractivity contribution in [3.05, 3.63) is 36.0 Å². The average molecular weight is 387 g/mol. The summed E-state index contributed by atoms with van der Waals surface area (Å²) in [6, 6.07) is 7.07. The molecule has 0 saturated carbocycles. The van der Waals surface area contributed by atoms with Gasteiger partial charge in [0.05, 0.1) is 13.5 Å². The number of nitrogens with one attached hydrogen (secondary N) is 3. The minimum atomic E-state index is -0.732. The molecule has 0 spiro atoms. The van der Waals surface area contributed by atoms with Crippen molar-refractivity contribution in [1.29, 1.82) is 0 Å². The van der Waals surface area contributed by atoms with Crippen LogP contribution in [0.2, 0.25) is 0 Å². The Morgan fingerprint density at radius 3 is 2.50 bits per heavy atom. The number of hydrogen-bond donors (Lipinski definition) is 3. The molecular weight excluding hydrogens is 358 g/mol. The van der Waals surface area contributed by atoms with Crippen molar-refractivity contribution >= 4 is 28.7 Å². The molecule has 2 rings (SSSR count). The molecule has 0 saturated heterocycles. The summed E-state index contributed by atoms with van der Waals surface area (Å²) in [5.74, 6) is -1.34. The van der Waals surface area contributed by atoms with Gasteiger partial charge in [0.25, 0.3) is 0 Å². The van der Waals surface area contributed by atoms with Gasteiger partial charge in [-0.05, 0) is 24.0 Å². The Balaban J connectivity index is 2.18. The fraction of sp³-hybridized carbons (Fsp3) is 0.476. The quantitative estimate of drug-likeness (QED) is 0.574. The lowest BCUT2D eigenvalue weighted by Crippen LogP contribution is -2.49. The van der Waals surface area contributed by atoms with E-state index in [0.717, 1.165) is 16.5 Å². The zero-order valence-electron chi connectivity index (χ0n) is 16.9. The predicted octanol–water partition coefficient (Wildman–Crippen LogP) is 2.17.